The maximum Gasteiger partial charge on any atom is 0.144 e. The van der Waals surface area contributed by atoms with Crippen LogP contribution in [0.5, 0.6) is 11.5 Å². The van der Waals surface area contributed by atoms with Crippen molar-refractivity contribution < 1.29 is 9.53 Å². The predicted octanol–water partition coefficient (Wildman–Crippen LogP) is 3.90. The third-order valence-corrected chi connectivity index (χ3v) is 3.35. The standard InChI is InChI=1S/C16H14O2/c1-2-13(17)16-11-7-3-5-9-14(11)18-15-10-6-4-8-12(15)16/h3-10,16H,2H2,1H3. The van der Waals surface area contributed by atoms with Gasteiger partial charge in [-0.05, 0) is 12.1 Å². The van der Waals surface area contributed by atoms with E-state index in [1.54, 1.807) is 0 Å². The van der Waals surface area contributed by atoms with Crippen molar-refractivity contribution in [3.8, 4) is 11.5 Å². The van der Waals surface area contributed by atoms with Crippen molar-refractivity contribution in [3.05, 3.63) is 59.7 Å². The van der Waals surface area contributed by atoms with Crippen molar-refractivity contribution in [3.63, 3.8) is 0 Å². The van der Waals surface area contributed by atoms with E-state index in [2.05, 4.69) is 0 Å². The van der Waals surface area contributed by atoms with E-state index in [1.807, 2.05) is 55.5 Å². The topological polar surface area (TPSA) is 26.3 Å². The fraction of sp³-hybridized carbons (Fsp3) is 0.188. The summed E-state index contributed by atoms with van der Waals surface area (Å²) < 4.78 is 5.85. The summed E-state index contributed by atoms with van der Waals surface area (Å²) in [6.07, 6.45) is 0.535. The van der Waals surface area contributed by atoms with Gasteiger partial charge in [-0.3, -0.25) is 4.79 Å². The number of carbonyl (C=O) groups is 1. The van der Waals surface area contributed by atoms with Gasteiger partial charge in [-0.1, -0.05) is 43.3 Å². The minimum Gasteiger partial charge on any atom is -0.457 e. The van der Waals surface area contributed by atoms with Crippen LogP contribution in [0.4, 0.5) is 0 Å². The Labute approximate surface area is 106 Å². The van der Waals surface area contributed by atoms with Crippen LogP contribution >= 0.6 is 0 Å². The minimum atomic E-state index is -0.184. The van der Waals surface area contributed by atoms with E-state index in [4.69, 9.17) is 4.74 Å². The third kappa shape index (κ3) is 1.61. The number of hydrogen-bond acceptors (Lipinski definition) is 2. The quantitative estimate of drug-likeness (QED) is 0.793. The first-order chi connectivity index (χ1) is 8.81. The molecule has 1 aliphatic rings. The van der Waals surface area contributed by atoms with Crippen LogP contribution < -0.4 is 4.74 Å². The van der Waals surface area contributed by atoms with E-state index in [-0.39, 0.29) is 11.7 Å². The van der Waals surface area contributed by atoms with Crippen LogP contribution in [0, 0.1) is 0 Å². The Hall–Kier alpha value is -2.09. The lowest BCUT2D eigenvalue weighted by Crippen LogP contribution is -2.18. The smallest absolute Gasteiger partial charge is 0.144 e. The van der Waals surface area contributed by atoms with E-state index >= 15 is 0 Å². The zero-order valence-electron chi connectivity index (χ0n) is 10.2. The van der Waals surface area contributed by atoms with Crippen molar-refractivity contribution in [2.75, 3.05) is 0 Å². The SMILES string of the molecule is CCC(=O)C1c2ccccc2Oc2ccccc21. The number of Topliss-reactive ketones (excluding diaryl/α,β-unsaturated/α-hetero) is 1. The molecule has 0 saturated carbocycles. The molecule has 90 valence electrons. The van der Waals surface area contributed by atoms with Gasteiger partial charge in [0.05, 0.1) is 5.92 Å². The number of rotatable bonds is 2. The van der Waals surface area contributed by atoms with Crippen molar-refractivity contribution in [1.29, 1.82) is 0 Å². The van der Waals surface area contributed by atoms with Crippen molar-refractivity contribution in [2.45, 2.75) is 19.3 Å². The number of hydrogen-bond donors (Lipinski definition) is 0. The Balaban J connectivity index is 2.20. The van der Waals surface area contributed by atoms with Crippen LogP contribution in [-0.2, 0) is 4.79 Å². The van der Waals surface area contributed by atoms with Gasteiger partial charge in [-0.25, -0.2) is 0 Å². The molecule has 0 fully saturated rings. The highest BCUT2D eigenvalue weighted by Crippen LogP contribution is 2.44. The Kier molecular flexibility index (Phi) is 2.63. The molecule has 0 radical (unpaired) electrons. The summed E-state index contributed by atoms with van der Waals surface area (Å²) in [4.78, 5) is 12.2. The van der Waals surface area contributed by atoms with Gasteiger partial charge in [0.1, 0.15) is 17.3 Å². The average Bonchev–Trinajstić information content (AvgIpc) is 2.44. The summed E-state index contributed by atoms with van der Waals surface area (Å²) >= 11 is 0. The third-order valence-electron chi connectivity index (χ3n) is 3.35. The first-order valence-corrected chi connectivity index (χ1v) is 6.19. The monoisotopic (exact) mass is 238 g/mol. The number of benzene rings is 2. The largest absolute Gasteiger partial charge is 0.457 e. The van der Waals surface area contributed by atoms with Crippen molar-refractivity contribution >= 4 is 5.78 Å². The predicted molar refractivity (Wildman–Crippen MR) is 70.1 cm³/mol. The first kappa shape index (κ1) is 11.0. The highest BCUT2D eigenvalue weighted by Gasteiger charge is 2.30. The molecule has 18 heavy (non-hydrogen) atoms. The molecule has 0 bridgehead atoms. The van der Waals surface area contributed by atoms with Crippen LogP contribution in [0.15, 0.2) is 48.5 Å². The lowest BCUT2D eigenvalue weighted by Gasteiger charge is -2.26. The normalized spacial score (nSPS) is 13.4. The fourth-order valence-corrected chi connectivity index (χ4v) is 2.46. The summed E-state index contributed by atoms with van der Waals surface area (Å²) in [5, 5.41) is 0. The molecule has 2 heteroatoms. The molecule has 0 N–H and O–H groups in total. The van der Waals surface area contributed by atoms with Gasteiger partial charge in [0.2, 0.25) is 0 Å². The molecule has 0 spiro atoms. The number of carbonyl (C=O) groups excluding carboxylic acids is 1. The molecule has 3 rings (SSSR count). The number of ether oxygens (including phenoxy) is 1. The number of ketones is 1. The highest BCUT2D eigenvalue weighted by atomic mass is 16.5. The van der Waals surface area contributed by atoms with Gasteiger partial charge in [-0.2, -0.15) is 0 Å². The molecule has 1 aliphatic heterocycles. The van der Waals surface area contributed by atoms with Crippen LogP contribution in [0.1, 0.15) is 30.4 Å². The molecule has 0 aliphatic carbocycles. The minimum absolute atomic E-state index is 0.184. The molecule has 0 aromatic heterocycles. The second kappa shape index (κ2) is 4.30. The first-order valence-electron chi connectivity index (χ1n) is 6.19. The van der Waals surface area contributed by atoms with Gasteiger partial charge >= 0.3 is 0 Å². The summed E-state index contributed by atoms with van der Waals surface area (Å²) in [6.45, 7) is 1.91. The molecule has 2 aromatic rings. The van der Waals surface area contributed by atoms with E-state index in [1.165, 1.54) is 0 Å². The van der Waals surface area contributed by atoms with E-state index in [0.29, 0.717) is 6.42 Å². The van der Waals surface area contributed by atoms with Gasteiger partial charge in [-0.15, -0.1) is 0 Å². The fourth-order valence-electron chi connectivity index (χ4n) is 2.46. The number of fused-ring (bicyclic) bond motifs is 2. The molecular weight excluding hydrogens is 224 g/mol. The van der Waals surface area contributed by atoms with Crippen molar-refractivity contribution in [1.82, 2.24) is 0 Å². The molecular formula is C16H14O2. The van der Waals surface area contributed by atoms with Crippen LogP contribution in [0.2, 0.25) is 0 Å². The molecule has 2 nitrogen and oxygen atoms in total. The molecule has 2 aromatic carbocycles. The lowest BCUT2D eigenvalue weighted by molar-refractivity contribution is -0.119. The van der Waals surface area contributed by atoms with E-state index < -0.39 is 0 Å². The summed E-state index contributed by atoms with van der Waals surface area (Å²) in [5.74, 6) is 1.64. The Bertz CT molecular complexity index is 556. The summed E-state index contributed by atoms with van der Waals surface area (Å²) in [5.41, 5.74) is 1.95. The van der Waals surface area contributed by atoms with Gasteiger partial charge in [0, 0.05) is 17.5 Å². The number of para-hydroxylation sites is 2. The molecule has 0 saturated heterocycles. The molecule has 0 amide bonds. The van der Waals surface area contributed by atoms with E-state index in [9.17, 15) is 4.79 Å². The summed E-state index contributed by atoms with van der Waals surface area (Å²) in [6, 6.07) is 15.5. The van der Waals surface area contributed by atoms with Crippen LogP contribution in [0.3, 0.4) is 0 Å². The van der Waals surface area contributed by atoms with Crippen LogP contribution in [0.25, 0.3) is 0 Å². The lowest BCUT2D eigenvalue weighted by atomic mass is 9.84. The second-order valence-corrected chi connectivity index (χ2v) is 4.43. The van der Waals surface area contributed by atoms with Gasteiger partial charge in [0.25, 0.3) is 0 Å². The maximum atomic E-state index is 12.2. The molecule has 0 unspecified atom stereocenters. The molecule has 0 atom stereocenters. The van der Waals surface area contributed by atoms with Crippen LogP contribution in [-0.4, -0.2) is 5.78 Å². The summed E-state index contributed by atoms with van der Waals surface area (Å²) in [7, 11) is 0. The Morgan fingerprint density at radius 3 is 2.00 bits per heavy atom. The van der Waals surface area contributed by atoms with Gasteiger partial charge in [0.15, 0.2) is 0 Å². The zero-order chi connectivity index (χ0) is 12.5. The Morgan fingerprint density at radius 2 is 1.50 bits per heavy atom. The van der Waals surface area contributed by atoms with Gasteiger partial charge < -0.3 is 4.74 Å². The maximum absolute atomic E-state index is 12.2. The Morgan fingerprint density at radius 1 is 1.00 bits per heavy atom. The van der Waals surface area contributed by atoms with E-state index in [0.717, 1.165) is 22.6 Å². The highest BCUT2D eigenvalue weighted by molar-refractivity contribution is 5.91. The zero-order valence-corrected chi connectivity index (χ0v) is 10.2. The molecule has 1 heterocycles. The van der Waals surface area contributed by atoms with Crippen molar-refractivity contribution in [2.24, 2.45) is 0 Å². The second-order valence-electron chi connectivity index (χ2n) is 4.43. The average molecular weight is 238 g/mol.